The molecule has 0 saturated carbocycles. The van der Waals surface area contributed by atoms with Crippen LogP contribution in [0.3, 0.4) is 0 Å². The Hall–Kier alpha value is -1.30. The standard InChI is InChI=1S/C17H30O5Si/c1-17(2,3)23(6,7)22-13-10-8-9-12(11-13)14(15(18)20-4)16(19)21-5/h11-12,14H,8-10H2,1-7H3. The van der Waals surface area contributed by atoms with Gasteiger partial charge in [-0.05, 0) is 37.0 Å². The van der Waals surface area contributed by atoms with E-state index in [0.29, 0.717) is 0 Å². The lowest BCUT2D eigenvalue weighted by Gasteiger charge is -2.38. The summed E-state index contributed by atoms with van der Waals surface area (Å²) in [6.07, 6.45) is 4.41. The molecule has 0 bridgehead atoms. The molecule has 0 spiro atoms. The molecular weight excluding hydrogens is 312 g/mol. The molecule has 0 heterocycles. The van der Waals surface area contributed by atoms with Gasteiger partial charge in [0.2, 0.25) is 8.32 Å². The Bertz CT molecular complexity index is 460. The second kappa shape index (κ2) is 7.51. The van der Waals surface area contributed by atoms with Crippen molar-refractivity contribution in [2.45, 2.75) is 58.2 Å². The van der Waals surface area contributed by atoms with Crippen LogP contribution in [0.15, 0.2) is 11.8 Å². The second-order valence-corrected chi connectivity index (χ2v) is 12.3. The maximum absolute atomic E-state index is 12.0. The average Bonchev–Trinajstić information content (AvgIpc) is 2.45. The average molecular weight is 343 g/mol. The Kier molecular flexibility index (Phi) is 6.45. The lowest BCUT2D eigenvalue weighted by molar-refractivity contribution is -0.160. The van der Waals surface area contributed by atoms with Crippen LogP contribution in [0, 0.1) is 11.8 Å². The molecule has 23 heavy (non-hydrogen) atoms. The molecular formula is C17H30O5Si. The zero-order valence-electron chi connectivity index (χ0n) is 15.4. The van der Waals surface area contributed by atoms with Crippen molar-refractivity contribution < 1.29 is 23.5 Å². The van der Waals surface area contributed by atoms with E-state index in [9.17, 15) is 9.59 Å². The monoisotopic (exact) mass is 342 g/mol. The van der Waals surface area contributed by atoms with E-state index in [1.165, 1.54) is 14.2 Å². The van der Waals surface area contributed by atoms with Crippen LogP contribution >= 0.6 is 0 Å². The summed E-state index contributed by atoms with van der Waals surface area (Å²) < 4.78 is 15.9. The topological polar surface area (TPSA) is 61.8 Å². The zero-order valence-corrected chi connectivity index (χ0v) is 16.4. The van der Waals surface area contributed by atoms with E-state index in [2.05, 4.69) is 33.9 Å². The van der Waals surface area contributed by atoms with Gasteiger partial charge in [0.1, 0.15) is 0 Å². The van der Waals surface area contributed by atoms with Gasteiger partial charge in [0.15, 0.2) is 5.92 Å². The zero-order chi connectivity index (χ0) is 17.8. The van der Waals surface area contributed by atoms with Crippen molar-refractivity contribution in [2.24, 2.45) is 11.8 Å². The molecule has 1 unspecified atom stereocenters. The predicted molar refractivity (Wildman–Crippen MR) is 91.2 cm³/mol. The van der Waals surface area contributed by atoms with Crippen molar-refractivity contribution in [2.75, 3.05) is 14.2 Å². The van der Waals surface area contributed by atoms with Crippen LogP contribution in [0.5, 0.6) is 0 Å². The van der Waals surface area contributed by atoms with Gasteiger partial charge in [-0.3, -0.25) is 9.59 Å². The van der Waals surface area contributed by atoms with E-state index in [-0.39, 0.29) is 11.0 Å². The van der Waals surface area contributed by atoms with E-state index in [1.807, 2.05) is 6.08 Å². The molecule has 0 saturated heterocycles. The first-order valence-electron chi connectivity index (χ1n) is 8.09. The summed E-state index contributed by atoms with van der Waals surface area (Å²) in [5.41, 5.74) is 0. The fourth-order valence-electron chi connectivity index (χ4n) is 2.45. The van der Waals surface area contributed by atoms with Crippen molar-refractivity contribution in [3.05, 3.63) is 11.8 Å². The van der Waals surface area contributed by atoms with Crippen molar-refractivity contribution in [3.63, 3.8) is 0 Å². The smallest absolute Gasteiger partial charge is 0.320 e. The number of rotatable bonds is 5. The van der Waals surface area contributed by atoms with Gasteiger partial charge in [-0.1, -0.05) is 20.8 Å². The van der Waals surface area contributed by atoms with Crippen molar-refractivity contribution in [3.8, 4) is 0 Å². The number of carbonyl (C=O) groups is 2. The fourth-order valence-corrected chi connectivity index (χ4v) is 3.58. The fraction of sp³-hybridized carbons (Fsp3) is 0.765. The maximum Gasteiger partial charge on any atom is 0.320 e. The molecule has 132 valence electrons. The first-order chi connectivity index (χ1) is 10.5. The van der Waals surface area contributed by atoms with Crippen LogP contribution in [0.4, 0.5) is 0 Å². The third-order valence-corrected chi connectivity index (χ3v) is 9.28. The predicted octanol–water partition coefficient (Wildman–Crippen LogP) is 3.65. The van der Waals surface area contributed by atoms with Gasteiger partial charge in [-0.25, -0.2) is 0 Å². The summed E-state index contributed by atoms with van der Waals surface area (Å²) in [4.78, 5) is 24.0. The highest BCUT2D eigenvalue weighted by atomic mass is 28.4. The highest BCUT2D eigenvalue weighted by Crippen LogP contribution is 2.40. The molecule has 0 radical (unpaired) electrons. The van der Waals surface area contributed by atoms with E-state index in [4.69, 9.17) is 13.9 Å². The number of esters is 2. The summed E-state index contributed by atoms with van der Waals surface area (Å²) in [5, 5.41) is 0.102. The first-order valence-corrected chi connectivity index (χ1v) is 11.0. The lowest BCUT2D eigenvalue weighted by atomic mass is 9.84. The van der Waals surface area contributed by atoms with Crippen molar-refractivity contribution in [1.82, 2.24) is 0 Å². The number of methoxy groups -OCH3 is 2. The van der Waals surface area contributed by atoms with Crippen LogP contribution < -0.4 is 0 Å². The summed E-state index contributed by atoms with van der Waals surface area (Å²) >= 11 is 0. The Morgan fingerprint density at radius 3 is 2.13 bits per heavy atom. The molecule has 1 aliphatic carbocycles. The van der Waals surface area contributed by atoms with Gasteiger partial charge in [0, 0.05) is 12.3 Å². The molecule has 0 amide bonds. The third kappa shape index (κ3) is 4.83. The molecule has 0 aromatic carbocycles. The normalized spacial score (nSPS) is 19.1. The molecule has 1 aliphatic rings. The molecule has 0 aromatic heterocycles. The van der Waals surface area contributed by atoms with Gasteiger partial charge in [0.25, 0.3) is 0 Å². The van der Waals surface area contributed by atoms with E-state index in [0.717, 1.165) is 25.0 Å². The molecule has 0 fully saturated rings. The SMILES string of the molecule is COC(=O)C(C(=O)OC)C1C=C(O[Si](C)(C)C(C)(C)C)CCC1. The largest absolute Gasteiger partial charge is 0.547 e. The molecule has 0 aliphatic heterocycles. The minimum absolute atomic E-state index is 0.102. The first kappa shape index (κ1) is 19.7. The third-order valence-electron chi connectivity index (χ3n) is 4.89. The van der Waals surface area contributed by atoms with Gasteiger partial charge in [-0.15, -0.1) is 0 Å². The van der Waals surface area contributed by atoms with Gasteiger partial charge >= 0.3 is 11.9 Å². The minimum atomic E-state index is -1.93. The summed E-state index contributed by atoms with van der Waals surface area (Å²) in [6.45, 7) is 10.9. The van der Waals surface area contributed by atoms with Gasteiger partial charge in [-0.2, -0.15) is 0 Å². The van der Waals surface area contributed by atoms with Crippen molar-refractivity contribution in [1.29, 1.82) is 0 Å². The summed E-state index contributed by atoms with van der Waals surface area (Å²) in [6, 6.07) is 0. The van der Waals surface area contributed by atoms with E-state index >= 15 is 0 Å². The van der Waals surface area contributed by atoms with Crippen LogP contribution in [-0.2, 0) is 23.5 Å². The number of hydrogen-bond donors (Lipinski definition) is 0. The van der Waals surface area contributed by atoms with Crippen LogP contribution in [0.25, 0.3) is 0 Å². The number of hydrogen-bond acceptors (Lipinski definition) is 5. The Morgan fingerprint density at radius 2 is 1.70 bits per heavy atom. The van der Waals surface area contributed by atoms with Gasteiger partial charge < -0.3 is 13.9 Å². The van der Waals surface area contributed by atoms with Crippen molar-refractivity contribution >= 4 is 20.3 Å². The molecule has 1 atom stereocenters. The van der Waals surface area contributed by atoms with Crippen LogP contribution in [0.2, 0.25) is 18.1 Å². The summed E-state index contributed by atoms with van der Waals surface area (Å²) in [7, 11) is 0.651. The Labute approximate surface area is 140 Å². The highest BCUT2D eigenvalue weighted by molar-refractivity contribution is 6.74. The summed E-state index contributed by atoms with van der Waals surface area (Å²) in [5.74, 6) is -1.35. The van der Waals surface area contributed by atoms with Gasteiger partial charge in [0.05, 0.1) is 20.0 Å². The maximum atomic E-state index is 12.0. The van der Waals surface area contributed by atoms with E-state index < -0.39 is 26.2 Å². The molecule has 0 N–H and O–H groups in total. The highest BCUT2D eigenvalue weighted by Gasteiger charge is 2.41. The number of carbonyl (C=O) groups excluding carboxylic acids is 2. The minimum Gasteiger partial charge on any atom is -0.547 e. The molecule has 0 aromatic rings. The molecule has 5 nitrogen and oxygen atoms in total. The number of allylic oxidation sites excluding steroid dienone is 2. The molecule has 1 rings (SSSR count). The quantitative estimate of drug-likeness (QED) is 0.433. The number of ether oxygens (including phenoxy) is 2. The van der Waals surface area contributed by atoms with Crippen LogP contribution in [-0.4, -0.2) is 34.5 Å². The molecule has 6 heteroatoms. The lowest BCUT2D eigenvalue weighted by Crippen LogP contribution is -2.41. The Morgan fingerprint density at radius 1 is 1.17 bits per heavy atom. The van der Waals surface area contributed by atoms with E-state index in [1.54, 1.807) is 0 Å². The second-order valence-electron chi connectivity index (χ2n) is 7.58. The van der Waals surface area contributed by atoms with Crippen LogP contribution in [0.1, 0.15) is 40.0 Å². The Balaban J connectivity index is 3.01.